The highest BCUT2D eigenvalue weighted by Gasteiger charge is 2.14. The molecule has 0 unspecified atom stereocenters. The van der Waals surface area contributed by atoms with Crippen molar-refractivity contribution >= 4 is 17.6 Å². The summed E-state index contributed by atoms with van der Waals surface area (Å²) in [5.74, 6) is 6.10. The molecule has 96 valence electrons. The van der Waals surface area contributed by atoms with Crippen molar-refractivity contribution in [2.45, 2.75) is 29.9 Å². The Balaban J connectivity index is 2.34. The molecule has 2 rings (SSSR count). The molecule has 0 radical (unpaired) electrons. The summed E-state index contributed by atoms with van der Waals surface area (Å²) in [7, 11) is 1.78. The third-order valence-corrected chi connectivity index (χ3v) is 3.39. The van der Waals surface area contributed by atoms with E-state index in [2.05, 4.69) is 37.8 Å². The lowest BCUT2D eigenvalue weighted by atomic mass is 10.2. The maximum atomic E-state index is 5.46. The summed E-state index contributed by atoms with van der Waals surface area (Å²) >= 11 is 1.40. The Labute approximate surface area is 108 Å². The molecule has 0 fully saturated rings. The molecule has 0 spiro atoms. The summed E-state index contributed by atoms with van der Waals surface area (Å²) in [6, 6.07) is 0. The summed E-state index contributed by atoms with van der Waals surface area (Å²) < 4.78 is 1.60. The van der Waals surface area contributed by atoms with Crippen LogP contribution in [-0.4, -0.2) is 30.2 Å². The standard InChI is InChI=1S/C9H14N8S/c1-3-4-6-7(13-10)11-5-12-8(6)18-9-14-15-16-17(9)2/h5H,3-4,10H2,1-2H3,(H,11,12,13). The number of hydrogen-bond donors (Lipinski definition) is 2. The monoisotopic (exact) mass is 266 g/mol. The highest BCUT2D eigenvalue weighted by molar-refractivity contribution is 7.99. The first-order valence-electron chi connectivity index (χ1n) is 5.47. The zero-order chi connectivity index (χ0) is 13.0. The van der Waals surface area contributed by atoms with Crippen LogP contribution in [0.5, 0.6) is 0 Å². The molecule has 0 aliphatic carbocycles. The first-order chi connectivity index (χ1) is 8.76. The molecule has 0 saturated carbocycles. The molecule has 3 N–H and O–H groups in total. The van der Waals surface area contributed by atoms with Crippen molar-refractivity contribution in [2.24, 2.45) is 12.9 Å². The van der Waals surface area contributed by atoms with Gasteiger partial charge in [0.15, 0.2) is 0 Å². The average molecular weight is 266 g/mol. The second-order valence-corrected chi connectivity index (χ2v) is 4.54. The number of aryl methyl sites for hydroxylation is 1. The van der Waals surface area contributed by atoms with Crippen molar-refractivity contribution in [3.63, 3.8) is 0 Å². The predicted octanol–water partition coefficient (Wildman–Crippen LogP) is 0.389. The highest BCUT2D eigenvalue weighted by atomic mass is 32.2. The van der Waals surface area contributed by atoms with Crippen LogP contribution >= 0.6 is 11.8 Å². The van der Waals surface area contributed by atoms with Crippen LogP contribution < -0.4 is 11.3 Å². The molecule has 2 aromatic heterocycles. The van der Waals surface area contributed by atoms with Crippen LogP contribution in [0.4, 0.5) is 5.82 Å². The summed E-state index contributed by atoms with van der Waals surface area (Å²) in [6.45, 7) is 2.09. The zero-order valence-corrected chi connectivity index (χ0v) is 11.0. The lowest BCUT2D eigenvalue weighted by Crippen LogP contribution is -2.12. The van der Waals surface area contributed by atoms with Gasteiger partial charge < -0.3 is 5.43 Å². The molecule has 0 amide bonds. The molecule has 2 aromatic rings. The number of tetrazole rings is 1. The maximum Gasteiger partial charge on any atom is 0.215 e. The fourth-order valence-corrected chi connectivity index (χ4v) is 2.32. The van der Waals surface area contributed by atoms with E-state index in [1.54, 1.807) is 11.7 Å². The van der Waals surface area contributed by atoms with Crippen LogP contribution in [0.2, 0.25) is 0 Å². The van der Waals surface area contributed by atoms with Crippen molar-refractivity contribution in [3.8, 4) is 0 Å². The smallest absolute Gasteiger partial charge is 0.215 e. The van der Waals surface area contributed by atoms with Crippen LogP contribution in [0.3, 0.4) is 0 Å². The number of aromatic nitrogens is 6. The van der Waals surface area contributed by atoms with E-state index >= 15 is 0 Å². The van der Waals surface area contributed by atoms with E-state index in [1.165, 1.54) is 18.1 Å². The highest BCUT2D eigenvalue weighted by Crippen LogP contribution is 2.29. The molecule has 0 aliphatic heterocycles. The molecule has 9 heteroatoms. The van der Waals surface area contributed by atoms with Gasteiger partial charge in [-0.2, -0.15) is 0 Å². The molecule has 0 atom stereocenters. The predicted molar refractivity (Wildman–Crippen MR) is 66.8 cm³/mol. The SMILES string of the molecule is CCCc1c(NN)ncnc1Sc1nnnn1C. The fraction of sp³-hybridized carbons (Fsp3) is 0.444. The van der Waals surface area contributed by atoms with E-state index in [4.69, 9.17) is 5.84 Å². The third-order valence-electron chi connectivity index (χ3n) is 2.31. The molecule has 0 bridgehead atoms. The van der Waals surface area contributed by atoms with E-state index < -0.39 is 0 Å². The second-order valence-electron chi connectivity index (χ2n) is 3.59. The number of nitrogens with one attached hydrogen (secondary N) is 1. The Bertz CT molecular complexity index is 525. The Morgan fingerprint density at radius 2 is 2.28 bits per heavy atom. The van der Waals surface area contributed by atoms with Gasteiger partial charge in [0.1, 0.15) is 17.2 Å². The van der Waals surface area contributed by atoms with Gasteiger partial charge >= 0.3 is 0 Å². The zero-order valence-electron chi connectivity index (χ0n) is 10.2. The summed E-state index contributed by atoms with van der Waals surface area (Å²) in [5.41, 5.74) is 3.57. The van der Waals surface area contributed by atoms with Crippen LogP contribution in [0.25, 0.3) is 0 Å². The minimum Gasteiger partial charge on any atom is -0.308 e. The minimum absolute atomic E-state index is 0.643. The Hall–Kier alpha value is -1.74. The quantitative estimate of drug-likeness (QED) is 0.454. The molecule has 0 saturated heterocycles. The van der Waals surface area contributed by atoms with Gasteiger partial charge in [0.2, 0.25) is 5.16 Å². The van der Waals surface area contributed by atoms with Gasteiger partial charge in [0, 0.05) is 12.6 Å². The number of hydrogen-bond acceptors (Lipinski definition) is 8. The van der Waals surface area contributed by atoms with Crippen molar-refractivity contribution in [3.05, 3.63) is 11.9 Å². The molecular weight excluding hydrogens is 252 g/mol. The van der Waals surface area contributed by atoms with E-state index in [9.17, 15) is 0 Å². The van der Waals surface area contributed by atoms with Crippen LogP contribution in [0, 0.1) is 0 Å². The van der Waals surface area contributed by atoms with E-state index in [-0.39, 0.29) is 0 Å². The lowest BCUT2D eigenvalue weighted by molar-refractivity contribution is 0.664. The van der Waals surface area contributed by atoms with Gasteiger partial charge in [-0.1, -0.05) is 13.3 Å². The lowest BCUT2D eigenvalue weighted by Gasteiger charge is -2.10. The Kier molecular flexibility index (Phi) is 4.05. The van der Waals surface area contributed by atoms with Gasteiger partial charge in [0.25, 0.3) is 0 Å². The number of rotatable bonds is 5. The fourth-order valence-electron chi connectivity index (χ4n) is 1.48. The molecule has 18 heavy (non-hydrogen) atoms. The van der Waals surface area contributed by atoms with Gasteiger partial charge in [-0.25, -0.2) is 20.5 Å². The number of nitrogen functional groups attached to an aromatic ring is 1. The molecule has 2 heterocycles. The van der Waals surface area contributed by atoms with E-state index in [0.29, 0.717) is 11.0 Å². The summed E-state index contributed by atoms with van der Waals surface area (Å²) in [4.78, 5) is 8.38. The second kappa shape index (κ2) is 5.74. The van der Waals surface area contributed by atoms with Crippen molar-refractivity contribution < 1.29 is 0 Å². The third kappa shape index (κ3) is 2.57. The van der Waals surface area contributed by atoms with Crippen molar-refractivity contribution in [1.82, 2.24) is 30.2 Å². The first-order valence-corrected chi connectivity index (χ1v) is 6.28. The first kappa shape index (κ1) is 12.7. The van der Waals surface area contributed by atoms with Gasteiger partial charge in [0.05, 0.1) is 0 Å². The number of nitrogens with two attached hydrogens (primary N) is 1. The summed E-state index contributed by atoms with van der Waals surface area (Å²) in [5, 5.41) is 12.8. The maximum absolute atomic E-state index is 5.46. The van der Waals surface area contributed by atoms with Gasteiger partial charge in [-0.05, 0) is 28.6 Å². The van der Waals surface area contributed by atoms with Crippen LogP contribution in [0.15, 0.2) is 16.5 Å². The molecule has 0 aromatic carbocycles. The van der Waals surface area contributed by atoms with E-state index in [0.717, 1.165) is 23.4 Å². The van der Waals surface area contributed by atoms with Gasteiger partial charge in [-0.3, -0.25) is 0 Å². The largest absolute Gasteiger partial charge is 0.308 e. The Morgan fingerprint density at radius 1 is 1.44 bits per heavy atom. The van der Waals surface area contributed by atoms with Crippen LogP contribution in [-0.2, 0) is 13.5 Å². The topological polar surface area (TPSA) is 107 Å². The molecule has 0 aliphatic rings. The van der Waals surface area contributed by atoms with Crippen molar-refractivity contribution in [2.75, 3.05) is 5.43 Å². The normalized spacial score (nSPS) is 10.6. The number of nitrogens with zero attached hydrogens (tertiary/aromatic N) is 6. The average Bonchev–Trinajstić information content (AvgIpc) is 2.77. The minimum atomic E-state index is 0.643. The summed E-state index contributed by atoms with van der Waals surface area (Å²) in [6.07, 6.45) is 3.29. The van der Waals surface area contributed by atoms with E-state index in [1.807, 2.05) is 0 Å². The van der Waals surface area contributed by atoms with Crippen molar-refractivity contribution in [1.29, 1.82) is 0 Å². The number of anilines is 1. The number of hydrazine groups is 1. The van der Waals surface area contributed by atoms with Crippen LogP contribution in [0.1, 0.15) is 18.9 Å². The van der Waals surface area contributed by atoms with Gasteiger partial charge in [-0.15, -0.1) is 5.10 Å². The molecular formula is C9H14N8S. The molecule has 8 nitrogen and oxygen atoms in total. The Morgan fingerprint density at radius 3 is 2.89 bits per heavy atom.